The van der Waals surface area contributed by atoms with Crippen molar-refractivity contribution in [2.45, 2.75) is 37.8 Å². The van der Waals surface area contributed by atoms with Crippen LogP contribution in [0.4, 0.5) is 0 Å². The molecule has 0 radical (unpaired) electrons. The van der Waals surface area contributed by atoms with Gasteiger partial charge in [-0.3, -0.25) is 0 Å². The number of halogens is 1. The lowest BCUT2D eigenvalue weighted by Gasteiger charge is -2.12. The highest BCUT2D eigenvalue weighted by Crippen LogP contribution is 2.22. The summed E-state index contributed by atoms with van der Waals surface area (Å²) in [6.07, 6.45) is 3.59. The SMILES string of the molecule is N#Cc1ccc2nc(CCl)n(CCC3CCCO3)c2c1. The summed E-state index contributed by atoms with van der Waals surface area (Å²) in [7, 11) is 0. The molecule has 0 bridgehead atoms. The lowest BCUT2D eigenvalue weighted by molar-refractivity contribution is 0.100. The van der Waals surface area contributed by atoms with Crippen LogP contribution >= 0.6 is 11.6 Å². The van der Waals surface area contributed by atoms with Gasteiger partial charge in [-0.05, 0) is 37.5 Å². The quantitative estimate of drug-likeness (QED) is 0.812. The Morgan fingerprint density at radius 1 is 1.50 bits per heavy atom. The summed E-state index contributed by atoms with van der Waals surface area (Å²) in [5, 5.41) is 9.03. The molecule has 0 saturated carbocycles. The van der Waals surface area contributed by atoms with Crippen LogP contribution in [0.15, 0.2) is 18.2 Å². The number of imidazole rings is 1. The van der Waals surface area contributed by atoms with Crippen molar-refractivity contribution in [1.82, 2.24) is 9.55 Å². The van der Waals surface area contributed by atoms with E-state index < -0.39 is 0 Å². The Bertz CT molecular complexity index is 653. The van der Waals surface area contributed by atoms with Crippen molar-refractivity contribution in [3.63, 3.8) is 0 Å². The molecular formula is C15H16ClN3O. The van der Waals surface area contributed by atoms with Crippen molar-refractivity contribution < 1.29 is 4.74 Å². The summed E-state index contributed by atoms with van der Waals surface area (Å²) in [5.41, 5.74) is 2.53. The van der Waals surface area contributed by atoms with Gasteiger partial charge in [-0.2, -0.15) is 5.26 Å². The number of rotatable bonds is 4. The van der Waals surface area contributed by atoms with Crippen LogP contribution in [0, 0.1) is 11.3 Å². The van der Waals surface area contributed by atoms with Gasteiger partial charge in [0.15, 0.2) is 0 Å². The van der Waals surface area contributed by atoms with Gasteiger partial charge < -0.3 is 9.30 Å². The summed E-state index contributed by atoms with van der Waals surface area (Å²) >= 11 is 5.99. The normalized spacial score (nSPS) is 18.5. The fourth-order valence-electron chi connectivity index (χ4n) is 2.74. The van der Waals surface area contributed by atoms with Crippen molar-refractivity contribution in [3.05, 3.63) is 29.6 Å². The van der Waals surface area contributed by atoms with Crippen molar-refractivity contribution in [3.8, 4) is 6.07 Å². The Hall–Kier alpha value is -1.57. The van der Waals surface area contributed by atoms with Crippen molar-refractivity contribution >= 4 is 22.6 Å². The fraction of sp³-hybridized carbons (Fsp3) is 0.467. The molecule has 1 unspecified atom stereocenters. The summed E-state index contributed by atoms with van der Waals surface area (Å²) in [5.74, 6) is 1.23. The first kappa shape index (κ1) is 13.4. The molecule has 1 aliphatic rings. The highest BCUT2D eigenvalue weighted by molar-refractivity contribution is 6.16. The summed E-state index contributed by atoms with van der Waals surface area (Å²) in [4.78, 5) is 4.53. The predicted molar refractivity (Wildman–Crippen MR) is 77.6 cm³/mol. The minimum Gasteiger partial charge on any atom is -0.378 e. The minimum absolute atomic E-state index is 0.342. The molecule has 2 aromatic rings. The molecule has 5 heteroatoms. The van der Waals surface area contributed by atoms with Crippen LogP contribution in [0.5, 0.6) is 0 Å². The molecular weight excluding hydrogens is 274 g/mol. The monoisotopic (exact) mass is 289 g/mol. The van der Waals surface area contributed by atoms with Crippen LogP contribution in [-0.2, 0) is 17.2 Å². The van der Waals surface area contributed by atoms with E-state index in [2.05, 4.69) is 15.6 Å². The van der Waals surface area contributed by atoms with E-state index in [-0.39, 0.29) is 0 Å². The van der Waals surface area contributed by atoms with E-state index in [4.69, 9.17) is 21.6 Å². The molecule has 0 amide bonds. The van der Waals surface area contributed by atoms with Gasteiger partial charge in [-0.1, -0.05) is 0 Å². The molecule has 1 aliphatic heterocycles. The van der Waals surface area contributed by atoms with Crippen LogP contribution in [0.25, 0.3) is 11.0 Å². The lowest BCUT2D eigenvalue weighted by Crippen LogP contribution is -2.11. The topological polar surface area (TPSA) is 50.8 Å². The van der Waals surface area contributed by atoms with Gasteiger partial charge in [0.1, 0.15) is 5.82 Å². The fourth-order valence-corrected chi connectivity index (χ4v) is 2.94. The average molecular weight is 290 g/mol. The predicted octanol–water partition coefficient (Wildman–Crippen LogP) is 3.22. The average Bonchev–Trinajstić information content (AvgIpc) is 3.11. The maximum absolute atomic E-state index is 9.03. The van der Waals surface area contributed by atoms with Gasteiger partial charge >= 0.3 is 0 Å². The number of aromatic nitrogens is 2. The molecule has 1 saturated heterocycles. The Morgan fingerprint density at radius 3 is 3.10 bits per heavy atom. The Balaban J connectivity index is 1.91. The molecule has 0 spiro atoms. The van der Waals surface area contributed by atoms with Crippen molar-refractivity contribution in [1.29, 1.82) is 5.26 Å². The van der Waals surface area contributed by atoms with E-state index >= 15 is 0 Å². The second-order valence-electron chi connectivity index (χ2n) is 5.05. The lowest BCUT2D eigenvalue weighted by atomic mass is 10.2. The van der Waals surface area contributed by atoms with E-state index in [0.29, 0.717) is 17.5 Å². The van der Waals surface area contributed by atoms with Crippen molar-refractivity contribution in [2.24, 2.45) is 0 Å². The number of fused-ring (bicyclic) bond motifs is 1. The number of benzene rings is 1. The minimum atomic E-state index is 0.342. The first-order valence-corrected chi connectivity index (χ1v) is 7.42. The third-order valence-electron chi connectivity index (χ3n) is 3.77. The number of alkyl halides is 1. The number of hydrogen-bond acceptors (Lipinski definition) is 3. The number of aryl methyl sites for hydroxylation is 1. The maximum atomic E-state index is 9.03. The number of nitrogens with zero attached hydrogens (tertiary/aromatic N) is 3. The van der Waals surface area contributed by atoms with Gasteiger partial charge in [-0.25, -0.2) is 4.98 Å². The number of nitriles is 1. The van der Waals surface area contributed by atoms with Crippen LogP contribution in [0.2, 0.25) is 0 Å². The standard InChI is InChI=1S/C15H16ClN3O/c16-9-15-18-13-4-3-11(10-17)8-14(13)19(15)6-5-12-2-1-7-20-12/h3-4,8,12H,1-2,5-7,9H2. The number of ether oxygens (including phenoxy) is 1. The third-order valence-corrected chi connectivity index (χ3v) is 4.01. The zero-order valence-corrected chi connectivity index (χ0v) is 11.9. The number of hydrogen-bond donors (Lipinski definition) is 0. The Labute approximate surface area is 122 Å². The molecule has 0 N–H and O–H groups in total. The third kappa shape index (κ3) is 2.52. The van der Waals surface area contributed by atoms with Gasteiger partial charge in [0.25, 0.3) is 0 Å². The largest absolute Gasteiger partial charge is 0.378 e. The first-order chi connectivity index (χ1) is 9.81. The Morgan fingerprint density at radius 2 is 2.40 bits per heavy atom. The van der Waals surface area contributed by atoms with Crippen LogP contribution in [0.3, 0.4) is 0 Å². The van der Waals surface area contributed by atoms with E-state index in [1.165, 1.54) is 0 Å². The summed E-state index contributed by atoms with van der Waals surface area (Å²) in [6, 6.07) is 7.73. The molecule has 1 fully saturated rings. The zero-order chi connectivity index (χ0) is 13.9. The van der Waals surface area contributed by atoms with E-state index in [1.807, 2.05) is 12.1 Å². The second kappa shape index (κ2) is 5.82. The highest BCUT2D eigenvalue weighted by atomic mass is 35.5. The molecule has 3 rings (SSSR count). The van der Waals surface area contributed by atoms with Gasteiger partial charge in [0, 0.05) is 13.2 Å². The molecule has 4 nitrogen and oxygen atoms in total. The van der Waals surface area contributed by atoms with Crippen molar-refractivity contribution in [2.75, 3.05) is 6.61 Å². The van der Waals surface area contributed by atoms with Gasteiger partial charge in [-0.15, -0.1) is 11.6 Å². The van der Waals surface area contributed by atoms with Crippen LogP contribution in [0.1, 0.15) is 30.7 Å². The van der Waals surface area contributed by atoms with Crippen LogP contribution < -0.4 is 0 Å². The zero-order valence-electron chi connectivity index (χ0n) is 11.2. The highest BCUT2D eigenvalue weighted by Gasteiger charge is 2.17. The second-order valence-corrected chi connectivity index (χ2v) is 5.32. The van der Waals surface area contributed by atoms with Gasteiger partial charge in [0.2, 0.25) is 0 Å². The maximum Gasteiger partial charge on any atom is 0.124 e. The summed E-state index contributed by atoms with van der Waals surface area (Å²) < 4.78 is 7.78. The van der Waals surface area contributed by atoms with E-state index in [1.54, 1.807) is 6.07 Å². The molecule has 20 heavy (non-hydrogen) atoms. The molecule has 0 aliphatic carbocycles. The smallest absolute Gasteiger partial charge is 0.124 e. The summed E-state index contributed by atoms with van der Waals surface area (Å²) in [6.45, 7) is 1.70. The van der Waals surface area contributed by atoms with Gasteiger partial charge in [0.05, 0.1) is 34.7 Å². The molecule has 1 aromatic carbocycles. The molecule has 1 atom stereocenters. The molecule has 1 aromatic heterocycles. The van der Waals surface area contributed by atoms with E-state index in [0.717, 1.165) is 49.3 Å². The molecule has 104 valence electrons. The Kier molecular flexibility index (Phi) is 3.90. The first-order valence-electron chi connectivity index (χ1n) is 6.88. The van der Waals surface area contributed by atoms with E-state index in [9.17, 15) is 0 Å². The molecule has 2 heterocycles. The van der Waals surface area contributed by atoms with Crippen LogP contribution in [-0.4, -0.2) is 22.3 Å².